The normalized spacial score (nSPS) is 10.5. The summed E-state index contributed by atoms with van der Waals surface area (Å²) in [5.74, 6) is 1.10. The summed E-state index contributed by atoms with van der Waals surface area (Å²) in [6.07, 6.45) is 0. The van der Waals surface area contributed by atoms with Crippen LogP contribution in [0.3, 0.4) is 0 Å². The molecule has 0 unspecified atom stereocenters. The van der Waals surface area contributed by atoms with Crippen molar-refractivity contribution in [2.45, 2.75) is 6.61 Å². The molecule has 0 N–H and O–H groups in total. The van der Waals surface area contributed by atoms with E-state index in [1.54, 1.807) is 31.4 Å². The Morgan fingerprint density at radius 3 is 2.55 bits per heavy atom. The molecular weight excluding hydrogens is 287 g/mol. The van der Waals surface area contributed by atoms with Gasteiger partial charge in [0.25, 0.3) is 5.89 Å². The molecule has 1 aromatic heterocycles. The van der Waals surface area contributed by atoms with Crippen LogP contribution in [-0.4, -0.2) is 17.3 Å². The number of aromatic nitrogens is 2. The van der Waals surface area contributed by atoms with Gasteiger partial charge in [0, 0.05) is 5.56 Å². The fraction of sp³-hybridized carbons (Fsp3) is 0.125. The molecule has 112 valence electrons. The minimum Gasteiger partial charge on any atom is -0.497 e. The molecular formula is C16H13FN2O3. The van der Waals surface area contributed by atoms with Crippen LogP contribution in [0.2, 0.25) is 0 Å². The lowest BCUT2D eigenvalue weighted by molar-refractivity contribution is 0.253. The van der Waals surface area contributed by atoms with E-state index < -0.39 is 5.82 Å². The highest BCUT2D eigenvalue weighted by molar-refractivity contribution is 5.53. The van der Waals surface area contributed by atoms with Gasteiger partial charge in [-0.05, 0) is 36.4 Å². The summed E-state index contributed by atoms with van der Waals surface area (Å²) in [5.41, 5.74) is 0.769. The number of para-hydroxylation sites is 1. The molecule has 1 heterocycles. The Morgan fingerprint density at radius 1 is 1.05 bits per heavy atom. The van der Waals surface area contributed by atoms with E-state index >= 15 is 0 Å². The molecule has 0 amide bonds. The monoisotopic (exact) mass is 300 g/mol. The van der Waals surface area contributed by atoms with E-state index in [1.165, 1.54) is 12.1 Å². The molecule has 0 aliphatic heterocycles. The average molecular weight is 300 g/mol. The first kappa shape index (κ1) is 14.1. The maximum Gasteiger partial charge on any atom is 0.254 e. The second kappa shape index (κ2) is 6.26. The first-order valence-corrected chi connectivity index (χ1v) is 6.60. The van der Waals surface area contributed by atoms with E-state index in [9.17, 15) is 4.39 Å². The quantitative estimate of drug-likeness (QED) is 0.722. The van der Waals surface area contributed by atoms with Crippen molar-refractivity contribution in [2.24, 2.45) is 0 Å². The predicted octanol–water partition coefficient (Wildman–Crippen LogP) is 3.46. The Morgan fingerprint density at radius 2 is 1.82 bits per heavy atom. The van der Waals surface area contributed by atoms with E-state index in [-0.39, 0.29) is 18.2 Å². The molecule has 0 aliphatic rings. The van der Waals surface area contributed by atoms with Crippen molar-refractivity contribution in [3.05, 3.63) is 60.2 Å². The maximum absolute atomic E-state index is 13.4. The maximum atomic E-state index is 13.4. The summed E-state index contributed by atoms with van der Waals surface area (Å²) < 4.78 is 29.3. The summed E-state index contributed by atoms with van der Waals surface area (Å²) in [4.78, 5) is 0. The van der Waals surface area contributed by atoms with Crippen LogP contribution in [0.25, 0.3) is 11.5 Å². The van der Waals surface area contributed by atoms with Gasteiger partial charge in [-0.25, -0.2) is 4.39 Å². The molecule has 0 spiro atoms. The molecule has 2 aromatic carbocycles. The number of rotatable bonds is 5. The third-order valence-corrected chi connectivity index (χ3v) is 2.99. The van der Waals surface area contributed by atoms with Crippen LogP contribution in [0, 0.1) is 5.82 Å². The van der Waals surface area contributed by atoms with Gasteiger partial charge >= 0.3 is 0 Å². The van der Waals surface area contributed by atoms with Crippen LogP contribution >= 0.6 is 0 Å². The highest BCUT2D eigenvalue weighted by Crippen LogP contribution is 2.22. The van der Waals surface area contributed by atoms with Crippen molar-refractivity contribution >= 4 is 0 Å². The Bertz CT molecular complexity index is 756. The second-order valence-electron chi connectivity index (χ2n) is 4.45. The van der Waals surface area contributed by atoms with E-state index in [0.29, 0.717) is 5.89 Å². The van der Waals surface area contributed by atoms with Gasteiger partial charge in [0.05, 0.1) is 7.11 Å². The van der Waals surface area contributed by atoms with Gasteiger partial charge < -0.3 is 13.9 Å². The number of hydrogen-bond acceptors (Lipinski definition) is 5. The van der Waals surface area contributed by atoms with Crippen molar-refractivity contribution < 1.29 is 18.3 Å². The number of benzene rings is 2. The molecule has 6 heteroatoms. The smallest absolute Gasteiger partial charge is 0.254 e. The minimum atomic E-state index is -0.433. The van der Waals surface area contributed by atoms with Crippen molar-refractivity contribution in [1.82, 2.24) is 10.2 Å². The Balaban J connectivity index is 1.69. The third kappa shape index (κ3) is 3.06. The summed E-state index contributed by atoms with van der Waals surface area (Å²) in [6, 6.07) is 13.4. The van der Waals surface area contributed by atoms with Crippen LogP contribution in [0.5, 0.6) is 11.5 Å². The van der Waals surface area contributed by atoms with Crippen LogP contribution < -0.4 is 9.47 Å². The lowest BCUT2D eigenvalue weighted by Crippen LogP contribution is -1.97. The lowest BCUT2D eigenvalue weighted by Gasteiger charge is -2.03. The van der Waals surface area contributed by atoms with E-state index in [0.717, 1.165) is 11.3 Å². The molecule has 0 aliphatic carbocycles. The van der Waals surface area contributed by atoms with Crippen molar-refractivity contribution in [3.8, 4) is 23.0 Å². The van der Waals surface area contributed by atoms with Gasteiger partial charge in [0.2, 0.25) is 5.89 Å². The molecule has 0 saturated carbocycles. The molecule has 3 rings (SSSR count). The topological polar surface area (TPSA) is 57.4 Å². The summed E-state index contributed by atoms with van der Waals surface area (Å²) >= 11 is 0. The van der Waals surface area contributed by atoms with Crippen molar-refractivity contribution in [2.75, 3.05) is 7.11 Å². The van der Waals surface area contributed by atoms with E-state index in [1.807, 2.05) is 12.1 Å². The molecule has 0 radical (unpaired) electrons. The molecule has 3 aromatic rings. The van der Waals surface area contributed by atoms with Gasteiger partial charge in [0.1, 0.15) is 5.75 Å². The lowest BCUT2D eigenvalue weighted by atomic mass is 10.2. The van der Waals surface area contributed by atoms with Gasteiger partial charge in [-0.1, -0.05) is 12.1 Å². The molecule has 0 atom stereocenters. The summed E-state index contributed by atoms with van der Waals surface area (Å²) in [7, 11) is 1.60. The largest absolute Gasteiger partial charge is 0.497 e. The number of halogens is 1. The van der Waals surface area contributed by atoms with Gasteiger partial charge in [0.15, 0.2) is 18.2 Å². The zero-order chi connectivity index (χ0) is 15.4. The number of ether oxygens (including phenoxy) is 2. The molecule has 0 bridgehead atoms. The Hall–Kier alpha value is -2.89. The second-order valence-corrected chi connectivity index (χ2v) is 4.45. The zero-order valence-electron chi connectivity index (χ0n) is 11.8. The summed E-state index contributed by atoms with van der Waals surface area (Å²) in [6.45, 7) is 0.00406. The fourth-order valence-corrected chi connectivity index (χ4v) is 1.86. The highest BCUT2D eigenvalue weighted by Gasteiger charge is 2.10. The highest BCUT2D eigenvalue weighted by atomic mass is 19.1. The number of hydrogen-bond donors (Lipinski definition) is 0. The predicted molar refractivity (Wildman–Crippen MR) is 77.0 cm³/mol. The third-order valence-electron chi connectivity index (χ3n) is 2.99. The fourth-order valence-electron chi connectivity index (χ4n) is 1.86. The molecule has 0 saturated heterocycles. The van der Waals surface area contributed by atoms with Crippen LogP contribution in [0.4, 0.5) is 4.39 Å². The van der Waals surface area contributed by atoms with Crippen LogP contribution in [0.1, 0.15) is 5.89 Å². The minimum absolute atomic E-state index is 0.00406. The van der Waals surface area contributed by atoms with Gasteiger partial charge in [-0.3, -0.25) is 0 Å². The Labute approximate surface area is 126 Å². The molecule has 0 fully saturated rings. The van der Waals surface area contributed by atoms with Crippen molar-refractivity contribution in [1.29, 1.82) is 0 Å². The zero-order valence-corrected chi connectivity index (χ0v) is 11.8. The van der Waals surface area contributed by atoms with Crippen LogP contribution in [-0.2, 0) is 6.61 Å². The van der Waals surface area contributed by atoms with Gasteiger partial charge in [-0.2, -0.15) is 0 Å². The first-order valence-electron chi connectivity index (χ1n) is 6.60. The van der Waals surface area contributed by atoms with E-state index in [4.69, 9.17) is 13.9 Å². The molecule has 5 nitrogen and oxygen atoms in total. The number of nitrogens with zero attached hydrogens (tertiary/aromatic N) is 2. The standard InChI is InChI=1S/C16H13FN2O3/c1-20-12-8-6-11(7-9-12)16-19-18-15(22-16)10-21-14-5-3-2-4-13(14)17/h2-9H,10H2,1H3. The SMILES string of the molecule is COc1ccc(-c2nnc(COc3ccccc3F)o2)cc1. The van der Waals surface area contributed by atoms with E-state index in [2.05, 4.69) is 10.2 Å². The van der Waals surface area contributed by atoms with Gasteiger partial charge in [-0.15, -0.1) is 10.2 Å². The van der Waals surface area contributed by atoms with Crippen LogP contribution in [0.15, 0.2) is 52.9 Å². The molecule has 22 heavy (non-hydrogen) atoms. The Kier molecular flexibility index (Phi) is 4.00. The summed E-state index contributed by atoms with van der Waals surface area (Å²) in [5, 5.41) is 7.83. The average Bonchev–Trinajstić information content (AvgIpc) is 3.03. The number of methoxy groups -OCH3 is 1. The van der Waals surface area contributed by atoms with Crippen molar-refractivity contribution in [3.63, 3.8) is 0 Å². The first-order chi connectivity index (χ1) is 10.8.